The minimum absolute atomic E-state index is 0.0849. The van der Waals surface area contributed by atoms with Gasteiger partial charge in [0.1, 0.15) is 5.75 Å². The molecule has 5 rings (SSSR count). The van der Waals surface area contributed by atoms with Crippen LogP contribution in [0.4, 0.5) is 5.69 Å². The maximum absolute atomic E-state index is 13.6. The van der Waals surface area contributed by atoms with Crippen molar-refractivity contribution >= 4 is 33.6 Å². The third-order valence-corrected chi connectivity index (χ3v) is 9.30. The third kappa shape index (κ3) is 2.61. The summed E-state index contributed by atoms with van der Waals surface area (Å²) < 4.78 is 17.5. The molecule has 1 unspecified atom stereocenters. The van der Waals surface area contributed by atoms with Crippen molar-refractivity contribution in [2.45, 2.75) is 55.9 Å². The van der Waals surface area contributed by atoms with Gasteiger partial charge in [-0.3, -0.25) is 9.69 Å². The van der Waals surface area contributed by atoms with E-state index < -0.39 is 40.5 Å². The highest BCUT2D eigenvalue weighted by Gasteiger charge is 2.80. The first-order chi connectivity index (χ1) is 16.1. The van der Waals surface area contributed by atoms with Crippen molar-refractivity contribution in [1.82, 2.24) is 4.90 Å². The highest BCUT2D eigenvalue weighted by molar-refractivity contribution is 9.10. The van der Waals surface area contributed by atoms with Gasteiger partial charge >= 0.3 is 11.9 Å². The van der Waals surface area contributed by atoms with E-state index in [9.17, 15) is 14.7 Å². The SMILES string of the molecule is CC[C@]12C=CCN3CC[C@@]4(c5cc(Br)c(OC)cc5N(C)[C@H]4C(O)(C(=O)OC)[C@@H]1OC(C)=O)[C@@H]32. The number of hydrogen-bond acceptors (Lipinski definition) is 8. The quantitative estimate of drug-likeness (QED) is 0.465. The Morgan fingerprint density at radius 2 is 2.00 bits per heavy atom. The maximum Gasteiger partial charge on any atom is 0.344 e. The van der Waals surface area contributed by atoms with Crippen molar-refractivity contribution in [3.8, 4) is 5.75 Å². The molecule has 34 heavy (non-hydrogen) atoms. The summed E-state index contributed by atoms with van der Waals surface area (Å²) in [6, 6.07) is 3.22. The predicted molar refractivity (Wildman–Crippen MR) is 129 cm³/mol. The van der Waals surface area contributed by atoms with Crippen LogP contribution in [0, 0.1) is 5.41 Å². The minimum atomic E-state index is -2.10. The van der Waals surface area contributed by atoms with Crippen LogP contribution in [0.25, 0.3) is 0 Å². The van der Waals surface area contributed by atoms with E-state index in [1.54, 1.807) is 7.11 Å². The van der Waals surface area contributed by atoms with Gasteiger partial charge in [0.05, 0.1) is 24.7 Å². The Labute approximate surface area is 207 Å². The largest absolute Gasteiger partial charge is 0.495 e. The lowest BCUT2D eigenvalue weighted by atomic mass is 9.47. The van der Waals surface area contributed by atoms with Crippen molar-refractivity contribution in [3.05, 3.63) is 34.3 Å². The molecule has 184 valence electrons. The normalized spacial score (nSPS) is 37.6. The fourth-order valence-corrected chi connectivity index (χ4v) is 8.22. The Balaban J connectivity index is 1.88. The standard InChI is InChI=1S/C25H31BrN2O6/c1-6-23-8-7-10-28-11-9-24(19(23)28)15-12-16(26)18(32-4)13-17(15)27(3)20(24)25(31,22(30)33-5)21(23)34-14(2)29/h7-8,12-13,19-21,31H,6,9-11H2,1-5H3/t19-,20+,21+,23+,24+,25?/m0/s1. The molecule has 4 aliphatic rings. The molecule has 1 saturated heterocycles. The van der Waals surface area contributed by atoms with Gasteiger partial charge in [-0.1, -0.05) is 19.1 Å². The first kappa shape index (κ1) is 23.6. The summed E-state index contributed by atoms with van der Waals surface area (Å²) >= 11 is 3.65. The fraction of sp³-hybridized carbons (Fsp3) is 0.600. The highest BCUT2D eigenvalue weighted by Crippen LogP contribution is 2.67. The second-order valence-electron chi connectivity index (χ2n) is 9.88. The van der Waals surface area contributed by atoms with Gasteiger partial charge in [0, 0.05) is 49.1 Å². The third-order valence-electron chi connectivity index (χ3n) is 8.68. The Morgan fingerprint density at radius 1 is 1.26 bits per heavy atom. The smallest absolute Gasteiger partial charge is 0.344 e. The van der Waals surface area contributed by atoms with Gasteiger partial charge in [0.2, 0.25) is 5.60 Å². The van der Waals surface area contributed by atoms with Gasteiger partial charge in [-0.15, -0.1) is 0 Å². The summed E-state index contributed by atoms with van der Waals surface area (Å²) in [5, 5.41) is 12.5. The number of halogens is 1. The number of esters is 2. The zero-order valence-corrected chi connectivity index (χ0v) is 21.7. The number of rotatable bonds is 4. The van der Waals surface area contributed by atoms with Crippen molar-refractivity contribution in [2.75, 3.05) is 39.3 Å². The Bertz CT molecular complexity index is 1090. The number of nitrogens with zero attached hydrogens (tertiary/aromatic N) is 2. The van der Waals surface area contributed by atoms with E-state index in [0.717, 1.165) is 35.2 Å². The van der Waals surface area contributed by atoms with Crippen molar-refractivity contribution in [3.63, 3.8) is 0 Å². The molecule has 0 aromatic heterocycles. The van der Waals surface area contributed by atoms with Crippen molar-refractivity contribution < 1.29 is 28.9 Å². The van der Waals surface area contributed by atoms with E-state index >= 15 is 0 Å². The molecule has 0 amide bonds. The topological polar surface area (TPSA) is 88.5 Å². The molecule has 1 spiro atoms. The molecule has 1 aromatic carbocycles. The monoisotopic (exact) mass is 534 g/mol. The second kappa shape index (κ2) is 7.70. The zero-order chi connectivity index (χ0) is 24.6. The molecular weight excluding hydrogens is 504 g/mol. The van der Waals surface area contributed by atoms with Gasteiger partial charge in [0.25, 0.3) is 0 Å². The number of methoxy groups -OCH3 is 2. The number of anilines is 1. The molecule has 3 heterocycles. The molecule has 6 atom stereocenters. The lowest BCUT2D eigenvalue weighted by Gasteiger charge is -2.63. The first-order valence-corrected chi connectivity index (χ1v) is 12.4. The fourth-order valence-electron chi connectivity index (χ4n) is 7.71. The summed E-state index contributed by atoms with van der Waals surface area (Å²) in [5.41, 5.74) is -1.54. The molecule has 1 aromatic rings. The molecular formula is C25H31BrN2O6. The number of ether oxygens (including phenoxy) is 3. The lowest BCUT2D eigenvalue weighted by molar-refractivity contribution is -0.228. The van der Waals surface area contributed by atoms with E-state index in [0.29, 0.717) is 12.2 Å². The molecule has 0 radical (unpaired) electrons. The van der Waals surface area contributed by atoms with Gasteiger partial charge in [-0.05, 0) is 46.9 Å². The van der Waals surface area contributed by atoms with Gasteiger partial charge < -0.3 is 24.2 Å². The van der Waals surface area contributed by atoms with Crippen LogP contribution in [0.3, 0.4) is 0 Å². The number of likely N-dealkylation sites (N-methyl/N-ethyl adjacent to an activating group) is 1. The van der Waals surface area contributed by atoms with Crippen LogP contribution < -0.4 is 9.64 Å². The van der Waals surface area contributed by atoms with Crippen molar-refractivity contribution in [1.29, 1.82) is 0 Å². The number of hydrogen-bond donors (Lipinski definition) is 1. The van der Waals surface area contributed by atoms with Gasteiger partial charge in [-0.2, -0.15) is 0 Å². The lowest BCUT2D eigenvalue weighted by Crippen LogP contribution is -2.81. The van der Waals surface area contributed by atoms with Gasteiger partial charge in [-0.25, -0.2) is 4.79 Å². The van der Waals surface area contributed by atoms with E-state index in [1.165, 1.54) is 14.0 Å². The number of aliphatic hydroxyl groups is 1. The molecule has 1 N–H and O–H groups in total. The average Bonchev–Trinajstić information content (AvgIpc) is 3.32. The summed E-state index contributed by atoms with van der Waals surface area (Å²) in [4.78, 5) is 30.3. The summed E-state index contributed by atoms with van der Waals surface area (Å²) in [6.45, 7) is 4.91. The first-order valence-electron chi connectivity index (χ1n) is 11.6. The molecule has 9 heteroatoms. The number of carbonyl (C=O) groups excluding carboxylic acids is 2. The van der Waals surface area contributed by atoms with Gasteiger partial charge in [0.15, 0.2) is 6.10 Å². The van der Waals surface area contributed by atoms with Crippen LogP contribution in [-0.2, 0) is 24.5 Å². The second-order valence-corrected chi connectivity index (χ2v) is 10.7. The Kier molecular flexibility index (Phi) is 5.35. The molecule has 1 aliphatic carbocycles. The van der Waals surface area contributed by atoms with E-state index in [2.05, 4.69) is 39.0 Å². The highest BCUT2D eigenvalue weighted by atomic mass is 79.9. The van der Waals surface area contributed by atoms with E-state index in [4.69, 9.17) is 14.2 Å². The summed E-state index contributed by atoms with van der Waals surface area (Å²) in [5.74, 6) is -0.671. The minimum Gasteiger partial charge on any atom is -0.495 e. The number of carbonyl (C=O) groups is 2. The number of fused-ring (bicyclic) bond motifs is 1. The van der Waals surface area contributed by atoms with E-state index in [1.807, 2.05) is 24.9 Å². The zero-order valence-electron chi connectivity index (χ0n) is 20.1. The van der Waals surface area contributed by atoms with Crippen LogP contribution in [0.1, 0.15) is 32.3 Å². The van der Waals surface area contributed by atoms with Crippen LogP contribution >= 0.6 is 15.9 Å². The summed E-state index contributed by atoms with van der Waals surface area (Å²) in [7, 11) is 4.76. The Morgan fingerprint density at radius 3 is 2.62 bits per heavy atom. The molecule has 2 fully saturated rings. The Hall–Kier alpha value is -2.10. The maximum atomic E-state index is 13.6. The van der Waals surface area contributed by atoms with Crippen molar-refractivity contribution in [2.24, 2.45) is 5.41 Å². The van der Waals surface area contributed by atoms with E-state index in [-0.39, 0.29) is 6.04 Å². The van der Waals surface area contributed by atoms with Crippen LogP contribution in [0.2, 0.25) is 0 Å². The summed E-state index contributed by atoms with van der Waals surface area (Å²) in [6.07, 6.45) is 4.34. The molecule has 3 aliphatic heterocycles. The molecule has 0 bridgehead atoms. The average molecular weight is 535 g/mol. The van der Waals surface area contributed by atoms with Crippen LogP contribution in [0.5, 0.6) is 5.75 Å². The van der Waals surface area contributed by atoms with Crippen LogP contribution in [-0.4, -0.2) is 80.1 Å². The predicted octanol–water partition coefficient (Wildman–Crippen LogP) is 2.40. The molecule has 8 nitrogen and oxygen atoms in total. The van der Waals surface area contributed by atoms with Crippen LogP contribution in [0.15, 0.2) is 28.8 Å². The molecule has 1 saturated carbocycles. The number of benzene rings is 1.